The standard InChI is InChI=1S/C16H18N2O5S2/c1-7(19)11-16(2,3)25-14-10(13(21)18(11)14)17-12(20)9(15(22)23)8-4-5-24-6-8/h4-6,9-11,14,19H,1H2,2-3H3,(H,17,20)(H,22,23)/t9-,10-,11+,14-/m1/s1. The molecule has 1 aromatic rings. The smallest absolute Gasteiger partial charge is 0.320 e. The van der Waals surface area contributed by atoms with E-state index in [-0.39, 0.29) is 17.0 Å². The van der Waals surface area contributed by atoms with Gasteiger partial charge in [-0.05, 0) is 36.2 Å². The van der Waals surface area contributed by atoms with Crippen molar-refractivity contribution in [1.29, 1.82) is 0 Å². The highest BCUT2D eigenvalue weighted by atomic mass is 32.2. The quantitative estimate of drug-likeness (QED) is 0.405. The molecule has 0 aliphatic carbocycles. The summed E-state index contributed by atoms with van der Waals surface area (Å²) in [5.74, 6) is -3.77. The van der Waals surface area contributed by atoms with E-state index in [0.717, 1.165) is 0 Å². The van der Waals surface area contributed by atoms with Crippen LogP contribution in [0.3, 0.4) is 0 Å². The second-order valence-corrected chi connectivity index (χ2v) is 9.12. The number of aliphatic hydroxyl groups is 1. The van der Waals surface area contributed by atoms with Crippen molar-refractivity contribution in [3.63, 3.8) is 0 Å². The van der Waals surface area contributed by atoms with Gasteiger partial charge in [-0.1, -0.05) is 6.58 Å². The Morgan fingerprint density at radius 3 is 2.60 bits per heavy atom. The predicted molar refractivity (Wildman–Crippen MR) is 94.5 cm³/mol. The molecule has 0 aromatic carbocycles. The van der Waals surface area contributed by atoms with Gasteiger partial charge in [-0.3, -0.25) is 14.4 Å². The maximum atomic E-state index is 12.5. The number of aliphatic carboxylic acids is 1. The zero-order valence-corrected chi connectivity index (χ0v) is 15.3. The van der Waals surface area contributed by atoms with Crippen molar-refractivity contribution in [2.45, 2.75) is 42.0 Å². The van der Waals surface area contributed by atoms with E-state index in [1.165, 1.54) is 28.0 Å². The summed E-state index contributed by atoms with van der Waals surface area (Å²) in [7, 11) is 0. The first kappa shape index (κ1) is 17.8. The van der Waals surface area contributed by atoms with E-state index in [2.05, 4.69) is 11.9 Å². The average Bonchev–Trinajstić information content (AvgIpc) is 3.09. The lowest BCUT2D eigenvalue weighted by Crippen LogP contribution is -2.70. The summed E-state index contributed by atoms with van der Waals surface area (Å²) in [4.78, 5) is 37.9. The molecule has 2 amide bonds. The zero-order chi connectivity index (χ0) is 18.5. The molecule has 0 spiro atoms. The summed E-state index contributed by atoms with van der Waals surface area (Å²) >= 11 is 2.75. The van der Waals surface area contributed by atoms with Gasteiger partial charge >= 0.3 is 5.97 Å². The van der Waals surface area contributed by atoms with Crippen molar-refractivity contribution in [2.75, 3.05) is 0 Å². The van der Waals surface area contributed by atoms with Crippen LogP contribution in [0.15, 0.2) is 29.2 Å². The number of β-lactam (4-membered cyclic amide) rings is 1. The lowest BCUT2D eigenvalue weighted by molar-refractivity contribution is -0.153. The molecule has 25 heavy (non-hydrogen) atoms. The van der Waals surface area contributed by atoms with Crippen LogP contribution in [0.4, 0.5) is 0 Å². The number of fused-ring (bicyclic) bond motifs is 1. The Balaban J connectivity index is 1.77. The number of hydrogen-bond donors (Lipinski definition) is 3. The molecule has 9 heteroatoms. The van der Waals surface area contributed by atoms with E-state index < -0.39 is 34.6 Å². The van der Waals surface area contributed by atoms with Crippen LogP contribution in [0.2, 0.25) is 0 Å². The Morgan fingerprint density at radius 1 is 1.40 bits per heavy atom. The summed E-state index contributed by atoms with van der Waals surface area (Å²) in [6.07, 6.45) is 0. The van der Waals surface area contributed by atoms with Gasteiger partial charge in [0.25, 0.3) is 0 Å². The fourth-order valence-corrected chi connectivity index (χ4v) is 5.72. The Kier molecular flexibility index (Phi) is 4.32. The maximum absolute atomic E-state index is 12.5. The van der Waals surface area contributed by atoms with E-state index in [4.69, 9.17) is 0 Å². The summed E-state index contributed by atoms with van der Waals surface area (Å²) in [6, 6.07) is 0.244. The van der Waals surface area contributed by atoms with E-state index in [1.54, 1.807) is 16.8 Å². The number of carboxylic acids is 1. The highest BCUT2D eigenvalue weighted by Crippen LogP contribution is 2.52. The van der Waals surface area contributed by atoms with Crippen LogP contribution in [0.1, 0.15) is 25.3 Å². The van der Waals surface area contributed by atoms with Gasteiger partial charge in [0, 0.05) is 4.75 Å². The lowest BCUT2D eigenvalue weighted by Gasteiger charge is -2.44. The third kappa shape index (κ3) is 2.81. The molecule has 0 radical (unpaired) electrons. The number of aliphatic hydroxyl groups excluding tert-OH is 1. The van der Waals surface area contributed by atoms with Crippen LogP contribution < -0.4 is 5.32 Å². The van der Waals surface area contributed by atoms with Crippen LogP contribution in [-0.4, -0.2) is 55.1 Å². The molecular weight excluding hydrogens is 364 g/mol. The first-order valence-electron chi connectivity index (χ1n) is 7.58. The Morgan fingerprint density at radius 2 is 2.08 bits per heavy atom. The summed E-state index contributed by atoms with van der Waals surface area (Å²) in [6.45, 7) is 7.32. The largest absolute Gasteiger partial charge is 0.511 e. The maximum Gasteiger partial charge on any atom is 0.320 e. The Labute approximate surface area is 152 Å². The first-order valence-corrected chi connectivity index (χ1v) is 9.40. The van der Waals surface area contributed by atoms with Crippen LogP contribution in [0.25, 0.3) is 0 Å². The van der Waals surface area contributed by atoms with E-state index >= 15 is 0 Å². The van der Waals surface area contributed by atoms with Gasteiger partial charge in [0.05, 0.1) is 0 Å². The monoisotopic (exact) mass is 382 g/mol. The van der Waals surface area contributed by atoms with Crippen molar-refractivity contribution in [3.05, 3.63) is 34.7 Å². The number of nitrogens with one attached hydrogen (secondary N) is 1. The molecule has 0 bridgehead atoms. The van der Waals surface area contributed by atoms with Crippen LogP contribution in [0, 0.1) is 0 Å². The topological polar surface area (TPSA) is 107 Å². The average molecular weight is 382 g/mol. The SMILES string of the molecule is C=C(O)[C@@H]1N2C(=O)[C@@H](NC(=O)[C@H](C(=O)O)c3ccsc3)[C@H]2SC1(C)C. The zero-order valence-electron chi connectivity index (χ0n) is 13.6. The van der Waals surface area contributed by atoms with Crippen molar-refractivity contribution in [2.24, 2.45) is 0 Å². The molecule has 7 nitrogen and oxygen atoms in total. The van der Waals surface area contributed by atoms with E-state index in [0.29, 0.717) is 5.56 Å². The number of thiophene rings is 1. The molecule has 0 saturated carbocycles. The molecule has 1 aromatic heterocycles. The third-order valence-corrected chi connectivity index (χ3v) is 6.71. The predicted octanol–water partition coefficient (Wildman–Crippen LogP) is 1.54. The number of rotatable bonds is 5. The minimum absolute atomic E-state index is 0.0974. The van der Waals surface area contributed by atoms with Crippen LogP contribution in [0.5, 0.6) is 0 Å². The first-order chi connectivity index (χ1) is 11.6. The molecule has 3 heterocycles. The number of amides is 2. The molecule has 3 N–H and O–H groups in total. The highest BCUT2D eigenvalue weighted by Gasteiger charge is 2.62. The summed E-state index contributed by atoms with van der Waals surface area (Å²) < 4.78 is -0.453. The highest BCUT2D eigenvalue weighted by molar-refractivity contribution is 8.01. The van der Waals surface area contributed by atoms with Crippen molar-refractivity contribution in [1.82, 2.24) is 10.2 Å². The number of hydrogen-bond acceptors (Lipinski definition) is 6. The normalized spacial score (nSPS) is 28.0. The molecule has 3 rings (SSSR count). The molecular formula is C16H18N2O5S2. The van der Waals surface area contributed by atoms with Crippen LogP contribution in [-0.2, 0) is 14.4 Å². The number of carbonyl (C=O) groups excluding carboxylic acids is 2. The van der Waals surface area contributed by atoms with Gasteiger partial charge in [-0.15, -0.1) is 11.8 Å². The van der Waals surface area contributed by atoms with Crippen LogP contribution >= 0.6 is 23.1 Å². The molecule has 2 fully saturated rings. The van der Waals surface area contributed by atoms with E-state index in [1.807, 2.05) is 13.8 Å². The number of carboxylic acid groups (broad SMARTS) is 1. The minimum Gasteiger partial charge on any atom is -0.511 e. The molecule has 4 atom stereocenters. The van der Waals surface area contributed by atoms with Crippen molar-refractivity contribution < 1.29 is 24.6 Å². The fraction of sp³-hybridized carbons (Fsp3) is 0.438. The Hall–Kier alpha value is -2.00. The molecule has 2 saturated heterocycles. The van der Waals surface area contributed by atoms with Gasteiger partial charge < -0.3 is 20.4 Å². The van der Waals surface area contributed by atoms with Gasteiger partial charge in [-0.2, -0.15) is 11.3 Å². The van der Waals surface area contributed by atoms with Crippen molar-refractivity contribution >= 4 is 40.9 Å². The van der Waals surface area contributed by atoms with Gasteiger partial charge in [0.2, 0.25) is 11.8 Å². The summed E-state index contributed by atoms with van der Waals surface area (Å²) in [5, 5.41) is 24.7. The molecule has 2 aliphatic rings. The number of nitrogens with zero attached hydrogens (tertiary/aromatic N) is 1. The molecule has 134 valence electrons. The lowest BCUT2D eigenvalue weighted by atomic mass is 9.94. The minimum atomic E-state index is -1.35. The second kappa shape index (κ2) is 6.06. The number of thioether (sulfide) groups is 1. The van der Waals surface area contributed by atoms with E-state index in [9.17, 15) is 24.6 Å². The fourth-order valence-electron chi connectivity index (χ4n) is 3.37. The molecule has 2 aliphatic heterocycles. The van der Waals surface area contributed by atoms with Gasteiger partial charge in [0.1, 0.15) is 23.2 Å². The Bertz CT molecular complexity index is 746. The van der Waals surface area contributed by atoms with Crippen molar-refractivity contribution in [3.8, 4) is 0 Å². The van der Waals surface area contributed by atoms with Gasteiger partial charge in [-0.25, -0.2) is 0 Å². The van der Waals surface area contributed by atoms with Gasteiger partial charge in [0.15, 0.2) is 5.92 Å². The third-order valence-electron chi connectivity index (χ3n) is 4.44. The number of carbonyl (C=O) groups is 3. The molecule has 0 unspecified atom stereocenters. The summed E-state index contributed by atoms with van der Waals surface area (Å²) in [5.41, 5.74) is 0.389. The second-order valence-electron chi connectivity index (χ2n) is 6.57.